The molecule has 0 saturated carbocycles. The molecule has 1 aliphatic rings. The molecule has 3 aromatic heterocycles. The second-order valence-electron chi connectivity index (χ2n) is 7.81. The number of rotatable bonds is 5. The molecule has 172 valence electrons. The largest absolute Gasteiger partial charge is 0.459 e. The van der Waals surface area contributed by atoms with Crippen LogP contribution in [-0.2, 0) is 4.79 Å². The Morgan fingerprint density at radius 3 is 2.79 bits per heavy atom. The fourth-order valence-corrected chi connectivity index (χ4v) is 3.90. The number of nitrogens with zero attached hydrogens (tertiary/aromatic N) is 7. The molecule has 1 fully saturated rings. The van der Waals surface area contributed by atoms with E-state index in [-0.39, 0.29) is 29.1 Å². The third kappa shape index (κ3) is 3.99. The van der Waals surface area contributed by atoms with Gasteiger partial charge in [-0.15, -0.1) is 5.10 Å². The SMILES string of the molecule is Cc1nnnn1-c1ccc(F)c(NC(=O)C2CCN(c3oc(-c4ccco4)nc3C#N)CC2)c1. The third-order valence-electron chi connectivity index (χ3n) is 5.68. The second kappa shape index (κ2) is 8.78. The van der Waals surface area contributed by atoms with Crippen LogP contribution in [0.2, 0.25) is 0 Å². The van der Waals surface area contributed by atoms with Gasteiger partial charge < -0.3 is 19.1 Å². The molecule has 0 atom stereocenters. The number of nitrogens with one attached hydrogen (secondary N) is 1. The summed E-state index contributed by atoms with van der Waals surface area (Å²) in [6.45, 7) is 2.68. The predicted octanol–water partition coefficient (Wildman–Crippen LogP) is 3.08. The minimum absolute atomic E-state index is 0.0601. The first-order chi connectivity index (χ1) is 16.5. The summed E-state index contributed by atoms with van der Waals surface area (Å²) in [7, 11) is 0. The standard InChI is InChI=1S/C22H19FN8O3/c1-13-27-28-29-31(13)15-4-5-16(23)17(11-15)25-20(32)14-6-8-30(9-7-14)22-18(12-24)26-21(34-22)19-3-2-10-33-19/h2-5,10-11,14H,6-9H2,1H3,(H,25,32). The lowest BCUT2D eigenvalue weighted by molar-refractivity contribution is -0.120. The maximum absolute atomic E-state index is 14.4. The van der Waals surface area contributed by atoms with Gasteiger partial charge in [0.1, 0.15) is 11.9 Å². The highest BCUT2D eigenvalue weighted by Crippen LogP contribution is 2.31. The van der Waals surface area contributed by atoms with Crippen LogP contribution in [0.5, 0.6) is 0 Å². The van der Waals surface area contributed by atoms with Gasteiger partial charge in [-0.05, 0) is 60.5 Å². The monoisotopic (exact) mass is 462 g/mol. The number of aryl methyl sites for hydroxylation is 1. The van der Waals surface area contributed by atoms with Crippen LogP contribution < -0.4 is 10.2 Å². The predicted molar refractivity (Wildman–Crippen MR) is 116 cm³/mol. The molecule has 11 nitrogen and oxygen atoms in total. The number of carbonyl (C=O) groups excluding carboxylic acids is 1. The number of halogens is 1. The van der Waals surface area contributed by atoms with Crippen molar-refractivity contribution in [2.45, 2.75) is 19.8 Å². The number of hydrogen-bond donors (Lipinski definition) is 1. The van der Waals surface area contributed by atoms with Gasteiger partial charge in [0.25, 0.3) is 5.89 Å². The van der Waals surface area contributed by atoms with Gasteiger partial charge in [-0.1, -0.05) is 0 Å². The number of hydrogen-bond acceptors (Lipinski definition) is 9. The van der Waals surface area contributed by atoms with Crippen LogP contribution >= 0.6 is 0 Å². The highest BCUT2D eigenvalue weighted by Gasteiger charge is 2.29. The van der Waals surface area contributed by atoms with Crippen molar-refractivity contribution in [2.24, 2.45) is 5.92 Å². The maximum atomic E-state index is 14.4. The van der Waals surface area contributed by atoms with Crippen molar-refractivity contribution >= 4 is 17.5 Å². The van der Waals surface area contributed by atoms with Crippen LogP contribution in [0.25, 0.3) is 17.3 Å². The van der Waals surface area contributed by atoms with Crippen molar-refractivity contribution in [2.75, 3.05) is 23.3 Å². The lowest BCUT2D eigenvalue weighted by atomic mass is 9.95. The number of carbonyl (C=O) groups is 1. The van der Waals surface area contributed by atoms with Crippen molar-refractivity contribution in [3.63, 3.8) is 0 Å². The van der Waals surface area contributed by atoms with Crippen molar-refractivity contribution in [1.82, 2.24) is 25.2 Å². The molecule has 1 N–H and O–H groups in total. The van der Waals surface area contributed by atoms with Gasteiger partial charge in [-0.2, -0.15) is 14.9 Å². The number of nitriles is 1. The number of aromatic nitrogens is 5. The number of tetrazole rings is 1. The quantitative estimate of drug-likeness (QED) is 0.474. The Balaban J connectivity index is 1.26. The first-order valence-corrected chi connectivity index (χ1v) is 10.6. The summed E-state index contributed by atoms with van der Waals surface area (Å²) in [5.41, 5.74) is 0.756. The Kier molecular flexibility index (Phi) is 5.51. The Bertz CT molecular complexity index is 1360. The van der Waals surface area contributed by atoms with Gasteiger partial charge in [0.15, 0.2) is 11.6 Å². The summed E-state index contributed by atoms with van der Waals surface area (Å²) in [6.07, 6.45) is 2.50. The molecule has 12 heteroatoms. The van der Waals surface area contributed by atoms with Gasteiger partial charge >= 0.3 is 0 Å². The van der Waals surface area contributed by atoms with Crippen LogP contribution in [0.15, 0.2) is 45.4 Å². The van der Waals surface area contributed by atoms with E-state index in [1.165, 1.54) is 29.1 Å². The molecule has 0 bridgehead atoms. The molecule has 1 aromatic carbocycles. The molecule has 4 aromatic rings. The van der Waals surface area contributed by atoms with Gasteiger partial charge in [0, 0.05) is 19.0 Å². The van der Waals surface area contributed by atoms with E-state index < -0.39 is 5.82 Å². The van der Waals surface area contributed by atoms with E-state index in [9.17, 15) is 14.4 Å². The average molecular weight is 462 g/mol. The number of benzene rings is 1. The average Bonchev–Trinajstić information content (AvgIpc) is 3.61. The number of anilines is 2. The molecular formula is C22H19FN8O3. The smallest absolute Gasteiger partial charge is 0.266 e. The molecule has 1 saturated heterocycles. The molecule has 5 rings (SSSR count). The van der Waals surface area contributed by atoms with Crippen molar-refractivity contribution in [1.29, 1.82) is 5.26 Å². The summed E-state index contributed by atoms with van der Waals surface area (Å²) < 4.78 is 26.9. The zero-order valence-corrected chi connectivity index (χ0v) is 18.1. The molecule has 1 amide bonds. The van der Waals surface area contributed by atoms with E-state index in [1.807, 2.05) is 11.0 Å². The first-order valence-electron chi connectivity index (χ1n) is 10.6. The fraction of sp³-hybridized carbons (Fsp3) is 0.273. The Morgan fingerprint density at radius 2 is 2.12 bits per heavy atom. The molecule has 0 unspecified atom stereocenters. The van der Waals surface area contributed by atoms with E-state index in [2.05, 4.69) is 25.8 Å². The Hall–Kier alpha value is -4.53. The lowest BCUT2D eigenvalue weighted by Gasteiger charge is -2.31. The van der Waals surface area contributed by atoms with Gasteiger partial charge in [-0.25, -0.2) is 4.39 Å². The summed E-state index contributed by atoms with van der Waals surface area (Å²) >= 11 is 0. The summed E-state index contributed by atoms with van der Waals surface area (Å²) in [5, 5.41) is 23.4. The molecule has 1 aliphatic heterocycles. The third-order valence-corrected chi connectivity index (χ3v) is 5.68. The van der Waals surface area contributed by atoms with Crippen LogP contribution in [0.1, 0.15) is 24.4 Å². The van der Waals surface area contributed by atoms with Gasteiger partial charge in [0.2, 0.25) is 17.5 Å². The lowest BCUT2D eigenvalue weighted by Crippen LogP contribution is -2.38. The van der Waals surface area contributed by atoms with E-state index >= 15 is 0 Å². The van der Waals surface area contributed by atoms with Crippen LogP contribution in [0.4, 0.5) is 16.0 Å². The topological polar surface area (TPSA) is 139 Å². The normalized spacial score (nSPS) is 14.2. The van der Waals surface area contributed by atoms with Crippen molar-refractivity contribution < 1.29 is 18.0 Å². The van der Waals surface area contributed by atoms with Crippen LogP contribution in [0, 0.1) is 30.0 Å². The first kappa shape index (κ1) is 21.3. The van der Waals surface area contributed by atoms with E-state index in [1.54, 1.807) is 19.1 Å². The minimum atomic E-state index is -0.550. The van der Waals surface area contributed by atoms with Gasteiger partial charge in [0.05, 0.1) is 17.6 Å². The molecule has 0 aliphatic carbocycles. The Morgan fingerprint density at radius 1 is 1.29 bits per heavy atom. The van der Waals surface area contributed by atoms with E-state index in [0.29, 0.717) is 49.1 Å². The van der Waals surface area contributed by atoms with Crippen molar-refractivity contribution in [3.8, 4) is 23.4 Å². The maximum Gasteiger partial charge on any atom is 0.266 e. The second-order valence-corrected chi connectivity index (χ2v) is 7.81. The van der Waals surface area contributed by atoms with Crippen LogP contribution in [-0.4, -0.2) is 44.2 Å². The zero-order valence-electron chi connectivity index (χ0n) is 18.1. The molecule has 4 heterocycles. The highest BCUT2D eigenvalue weighted by molar-refractivity contribution is 5.93. The Labute approximate surface area is 192 Å². The molecular weight excluding hydrogens is 443 g/mol. The fourth-order valence-electron chi connectivity index (χ4n) is 3.90. The molecule has 0 spiro atoms. The molecule has 34 heavy (non-hydrogen) atoms. The number of oxazole rings is 1. The number of amides is 1. The summed E-state index contributed by atoms with van der Waals surface area (Å²) in [5.74, 6) is 0.387. The van der Waals surface area contributed by atoms with Crippen LogP contribution in [0.3, 0.4) is 0 Å². The highest BCUT2D eigenvalue weighted by atomic mass is 19.1. The summed E-state index contributed by atoms with van der Waals surface area (Å²) in [6, 6.07) is 9.74. The number of furan rings is 1. The molecule has 0 radical (unpaired) electrons. The summed E-state index contributed by atoms with van der Waals surface area (Å²) in [4.78, 5) is 18.9. The zero-order chi connectivity index (χ0) is 23.7. The number of piperidine rings is 1. The minimum Gasteiger partial charge on any atom is -0.459 e. The van der Waals surface area contributed by atoms with E-state index in [4.69, 9.17) is 8.83 Å². The van der Waals surface area contributed by atoms with Crippen molar-refractivity contribution in [3.05, 3.63) is 53.9 Å². The van der Waals surface area contributed by atoms with E-state index in [0.717, 1.165) is 0 Å². The van der Waals surface area contributed by atoms with Gasteiger partial charge in [-0.3, -0.25) is 4.79 Å².